The van der Waals surface area contributed by atoms with Crippen molar-refractivity contribution in [1.29, 1.82) is 0 Å². The standard InChI is InChI=1S/C17H14ClF3N2O4S/c1-9(22-15(25)12-6-3-7-28-12)16(26)27-8-13(24)23-14-10(17(19,20)21)4-2-5-11(14)18/h2-7,9H,8H2,1H3,(H,22,25)(H,23,24). The van der Waals surface area contributed by atoms with Gasteiger partial charge in [0.15, 0.2) is 6.61 Å². The first-order valence-electron chi connectivity index (χ1n) is 7.76. The fraction of sp³-hybridized carbons (Fsp3) is 0.235. The van der Waals surface area contributed by atoms with Crippen molar-refractivity contribution in [2.75, 3.05) is 11.9 Å². The lowest BCUT2D eigenvalue weighted by molar-refractivity contribution is -0.148. The summed E-state index contributed by atoms with van der Waals surface area (Å²) in [6.45, 7) is 0.502. The molecule has 2 amide bonds. The zero-order chi connectivity index (χ0) is 20.9. The number of anilines is 1. The van der Waals surface area contributed by atoms with Crippen molar-refractivity contribution in [2.24, 2.45) is 0 Å². The highest BCUT2D eigenvalue weighted by Gasteiger charge is 2.35. The van der Waals surface area contributed by atoms with Gasteiger partial charge in [0.25, 0.3) is 11.8 Å². The number of halogens is 4. The highest BCUT2D eigenvalue weighted by atomic mass is 35.5. The highest BCUT2D eigenvalue weighted by molar-refractivity contribution is 7.12. The van der Waals surface area contributed by atoms with Gasteiger partial charge in [-0.2, -0.15) is 13.2 Å². The average Bonchev–Trinajstić information content (AvgIpc) is 3.15. The summed E-state index contributed by atoms with van der Waals surface area (Å²) in [4.78, 5) is 36.0. The Morgan fingerprint density at radius 2 is 1.93 bits per heavy atom. The number of esters is 1. The number of amides is 2. The number of nitrogens with one attached hydrogen (secondary N) is 2. The highest BCUT2D eigenvalue weighted by Crippen LogP contribution is 2.38. The van der Waals surface area contributed by atoms with Crippen LogP contribution >= 0.6 is 22.9 Å². The second-order valence-electron chi connectivity index (χ2n) is 5.49. The molecule has 0 saturated heterocycles. The number of carbonyl (C=O) groups excluding carboxylic acids is 3. The van der Waals surface area contributed by atoms with Crippen LogP contribution in [0.15, 0.2) is 35.7 Å². The van der Waals surface area contributed by atoms with Gasteiger partial charge in [-0.15, -0.1) is 11.3 Å². The third-order valence-electron chi connectivity index (χ3n) is 3.38. The first-order valence-corrected chi connectivity index (χ1v) is 9.02. The minimum Gasteiger partial charge on any atom is -0.454 e. The fourth-order valence-electron chi connectivity index (χ4n) is 2.06. The summed E-state index contributed by atoms with van der Waals surface area (Å²) in [5.41, 5.74) is -1.76. The van der Waals surface area contributed by atoms with Gasteiger partial charge >= 0.3 is 12.1 Å². The summed E-state index contributed by atoms with van der Waals surface area (Å²) in [5, 5.41) is 5.75. The molecule has 0 aliphatic rings. The largest absolute Gasteiger partial charge is 0.454 e. The van der Waals surface area contributed by atoms with E-state index in [0.717, 1.165) is 12.1 Å². The van der Waals surface area contributed by atoms with E-state index in [-0.39, 0.29) is 5.02 Å². The Morgan fingerprint density at radius 1 is 1.21 bits per heavy atom. The molecular formula is C17H14ClF3N2O4S. The molecule has 11 heteroatoms. The van der Waals surface area contributed by atoms with Crippen molar-refractivity contribution in [1.82, 2.24) is 5.32 Å². The Morgan fingerprint density at radius 3 is 2.54 bits per heavy atom. The number of alkyl halides is 3. The van der Waals surface area contributed by atoms with Crippen LogP contribution in [0, 0.1) is 0 Å². The van der Waals surface area contributed by atoms with Gasteiger partial charge in [-0.1, -0.05) is 23.7 Å². The Balaban J connectivity index is 1.92. The Hall–Kier alpha value is -2.59. The van der Waals surface area contributed by atoms with Gasteiger partial charge in [-0.3, -0.25) is 9.59 Å². The molecule has 1 unspecified atom stereocenters. The predicted octanol–water partition coefficient (Wildman–Crippen LogP) is 3.72. The Labute approximate surface area is 166 Å². The van der Waals surface area contributed by atoms with E-state index < -0.39 is 47.9 Å². The van der Waals surface area contributed by atoms with E-state index in [4.69, 9.17) is 16.3 Å². The van der Waals surface area contributed by atoms with E-state index in [0.29, 0.717) is 4.88 Å². The van der Waals surface area contributed by atoms with E-state index >= 15 is 0 Å². The maximum absolute atomic E-state index is 13.0. The molecule has 1 atom stereocenters. The molecule has 1 heterocycles. The molecule has 1 aromatic heterocycles. The summed E-state index contributed by atoms with van der Waals surface area (Å²) < 4.78 is 43.7. The van der Waals surface area contributed by atoms with E-state index in [2.05, 4.69) is 5.32 Å². The second-order valence-corrected chi connectivity index (χ2v) is 6.84. The summed E-state index contributed by atoms with van der Waals surface area (Å²) >= 11 is 6.91. The Bertz CT molecular complexity index is 872. The second kappa shape index (κ2) is 9.07. The monoisotopic (exact) mass is 434 g/mol. The third-order valence-corrected chi connectivity index (χ3v) is 4.56. The topological polar surface area (TPSA) is 84.5 Å². The summed E-state index contributed by atoms with van der Waals surface area (Å²) in [7, 11) is 0. The molecule has 0 spiro atoms. The summed E-state index contributed by atoms with van der Waals surface area (Å²) in [5.74, 6) is -2.42. The van der Waals surface area contributed by atoms with Crippen LogP contribution in [0.25, 0.3) is 0 Å². The average molecular weight is 435 g/mol. The number of para-hydroxylation sites is 1. The third kappa shape index (κ3) is 5.70. The van der Waals surface area contributed by atoms with Crippen LogP contribution in [-0.2, 0) is 20.5 Å². The minimum absolute atomic E-state index is 0.314. The van der Waals surface area contributed by atoms with Crippen molar-refractivity contribution < 1.29 is 32.3 Å². The number of hydrogen-bond donors (Lipinski definition) is 2. The zero-order valence-corrected chi connectivity index (χ0v) is 15.9. The first kappa shape index (κ1) is 21.7. The molecule has 0 saturated carbocycles. The van der Waals surface area contributed by atoms with Gasteiger partial charge in [0, 0.05) is 0 Å². The van der Waals surface area contributed by atoms with E-state index in [1.54, 1.807) is 17.5 Å². The fourth-order valence-corrected chi connectivity index (χ4v) is 2.91. The maximum atomic E-state index is 13.0. The molecule has 2 N–H and O–H groups in total. The van der Waals surface area contributed by atoms with Gasteiger partial charge in [0.2, 0.25) is 0 Å². The van der Waals surface area contributed by atoms with Gasteiger partial charge in [-0.25, -0.2) is 4.79 Å². The number of ether oxygens (including phenoxy) is 1. The molecule has 0 aliphatic carbocycles. The van der Waals surface area contributed by atoms with E-state index in [9.17, 15) is 27.6 Å². The zero-order valence-electron chi connectivity index (χ0n) is 14.3. The quantitative estimate of drug-likeness (QED) is 0.679. The number of rotatable bonds is 6. The van der Waals surface area contributed by atoms with Crippen molar-refractivity contribution >= 4 is 46.4 Å². The molecule has 0 bridgehead atoms. The molecule has 2 rings (SSSR count). The van der Waals surface area contributed by atoms with E-state index in [1.807, 2.05) is 5.32 Å². The summed E-state index contributed by atoms with van der Waals surface area (Å²) in [6, 6.07) is 5.20. The lowest BCUT2D eigenvalue weighted by Crippen LogP contribution is -2.40. The van der Waals surface area contributed by atoms with Gasteiger partial charge < -0.3 is 15.4 Å². The van der Waals surface area contributed by atoms with Crippen molar-refractivity contribution in [3.8, 4) is 0 Å². The predicted molar refractivity (Wildman–Crippen MR) is 97.3 cm³/mol. The van der Waals surface area contributed by atoms with Gasteiger partial charge in [0.1, 0.15) is 6.04 Å². The molecule has 6 nitrogen and oxygen atoms in total. The van der Waals surface area contributed by atoms with Crippen molar-refractivity contribution in [3.63, 3.8) is 0 Å². The number of hydrogen-bond acceptors (Lipinski definition) is 5. The van der Waals surface area contributed by atoms with Crippen LogP contribution in [0.2, 0.25) is 5.02 Å². The number of carbonyl (C=O) groups is 3. The molecule has 2 aromatic rings. The number of benzene rings is 1. The van der Waals surface area contributed by atoms with Gasteiger partial charge in [-0.05, 0) is 30.5 Å². The lowest BCUT2D eigenvalue weighted by atomic mass is 10.1. The molecule has 28 heavy (non-hydrogen) atoms. The normalized spacial score (nSPS) is 12.2. The van der Waals surface area contributed by atoms with Crippen LogP contribution in [-0.4, -0.2) is 30.4 Å². The van der Waals surface area contributed by atoms with Crippen LogP contribution in [0.3, 0.4) is 0 Å². The molecule has 0 aliphatic heterocycles. The molecule has 150 valence electrons. The first-order chi connectivity index (χ1) is 13.1. The van der Waals surface area contributed by atoms with E-state index in [1.165, 1.54) is 24.3 Å². The molecule has 1 aromatic carbocycles. The summed E-state index contributed by atoms with van der Waals surface area (Å²) in [6.07, 6.45) is -4.73. The van der Waals surface area contributed by atoms with Crippen LogP contribution < -0.4 is 10.6 Å². The molecular weight excluding hydrogens is 421 g/mol. The SMILES string of the molecule is CC(NC(=O)c1cccs1)C(=O)OCC(=O)Nc1c(Cl)cccc1C(F)(F)F. The minimum atomic E-state index is -4.73. The molecule has 0 fully saturated rings. The van der Waals surface area contributed by atoms with Crippen molar-refractivity contribution in [3.05, 3.63) is 51.2 Å². The van der Waals surface area contributed by atoms with Crippen LogP contribution in [0.4, 0.5) is 18.9 Å². The lowest BCUT2D eigenvalue weighted by Gasteiger charge is -2.16. The molecule has 0 radical (unpaired) electrons. The number of thiophene rings is 1. The van der Waals surface area contributed by atoms with Gasteiger partial charge in [0.05, 0.1) is 21.2 Å². The van der Waals surface area contributed by atoms with Crippen LogP contribution in [0.5, 0.6) is 0 Å². The van der Waals surface area contributed by atoms with Crippen LogP contribution in [0.1, 0.15) is 22.2 Å². The maximum Gasteiger partial charge on any atom is 0.418 e. The van der Waals surface area contributed by atoms with Crippen molar-refractivity contribution in [2.45, 2.75) is 19.1 Å². The Kier molecular flexibility index (Phi) is 7.03. The smallest absolute Gasteiger partial charge is 0.418 e.